The van der Waals surface area contributed by atoms with Crippen LogP contribution in [-0.2, 0) is 17.8 Å². The van der Waals surface area contributed by atoms with Crippen molar-refractivity contribution in [1.29, 1.82) is 0 Å². The smallest absolute Gasteiger partial charge is 0.190 e. The van der Waals surface area contributed by atoms with Gasteiger partial charge in [0.1, 0.15) is 0 Å². The van der Waals surface area contributed by atoms with Gasteiger partial charge in [0, 0.05) is 11.9 Å². The van der Waals surface area contributed by atoms with Gasteiger partial charge in [-0.15, -0.1) is 0 Å². The van der Waals surface area contributed by atoms with Crippen LogP contribution in [-0.4, -0.2) is 14.8 Å². The molecule has 1 atom stereocenters. The van der Waals surface area contributed by atoms with Crippen molar-refractivity contribution in [2.75, 3.05) is 6.54 Å². The molecule has 0 fully saturated rings. The fourth-order valence-electron chi connectivity index (χ4n) is 2.11. The molecule has 0 saturated carbocycles. The van der Waals surface area contributed by atoms with Gasteiger partial charge in [-0.3, -0.25) is 0 Å². The minimum absolute atomic E-state index is 0.848. The van der Waals surface area contributed by atoms with Crippen LogP contribution in [0.1, 0.15) is 12.0 Å². The highest BCUT2D eigenvalue weighted by atomic mass is 32.3. The Morgan fingerprint density at radius 3 is 2.53 bits per heavy atom. The second-order valence-electron chi connectivity index (χ2n) is 4.43. The molecule has 98 valence electrons. The molecule has 1 heterocycles. The minimum Gasteiger partial charge on any atom is -0.592 e. The monoisotopic (exact) mass is 289 g/mol. The van der Waals surface area contributed by atoms with E-state index < -0.39 is 11.4 Å². The summed E-state index contributed by atoms with van der Waals surface area (Å²) in [7, 11) is 0. The summed E-state index contributed by atoms with van der Waals surface area (Å²) in [5, 5.41) is 0. The van der Waals surface area contributed by atoms with E-state index in [1.165, 1.54) is 5.56 Å². The topological polar surface area (TPSA) is 26.3 Å². The predicted molar refractivity (Wildman–Crippen MR) is 80.2 cm³/mol. The largest absolute Gasteiger partial charge is 0.592 e. The molecule has 0 aliphatic carbocycles. The third kappa shape index (κ3) is 2.98. The van der Waals surface area contributed by atoms with E-state index >= 15 is 0 Å². The summed E-state index contributed by atoms with van der Waals surface area (Å²) < 4.78 is 14.2. The van der Waals surface area contributed by atoms with E-state index in [9.17, 15) is 4.55 Å². The van der Waals surface area contributed by atoms with E-state index in [4.69, 9.17) is 0 Å². The zero-order chi connectivity index (χ0) is 13.1. The number of hydrogen-bond donors (Lipinski definition) is 0. The maximum absolute atomic E-state index is 12.3. The van der Waals surface area contributed by atoms with Gasteiger partial charge in [-0.1, -0.05) is 46.2 Å². The quantitative estimate of drug-likeness (QED) is 0.634. The van der Waals surface area contributed by atoms with Crippen LogP contribution >= 0.6 is 11.9 Å². The van der Waals surface area contributed by atoms with Crippen LogP contribution in [0.5, 0.6) is 0 Å². The molecule has 1 unspecified atom stereocenters. The Bertz CT molecular complexity index is 547. The molecule has 19 heavy (non-hydrogen) atoms. The lowest BCUT2D eigenvalue weighted by atomic mass is 10.1. The number of benzene rings is 2. The third-order valence-electron chi connectivity index (χ3n) is 3.07. The van der Waals surface area contributed by atoms with Gasteiger partial charge in [0.15, 0.2) is 4.90 Å². The molecule has 0 bridgehead atoms. The maximum atomic E-state index is 12.3. The lowest BCUT2D eigenvalue weighted by Crippen LogP contribution is -2.21. The second-order valence-corrected chi connectivity index (χ2v) is 7.11. The van der Waals surface area contributed by atoms with Gasteiger partial charge in [0.05, 0.1) is 22.8 Å². The Morgan fingerprint density at radius 1 is 1.00 bits per heavy atom. The van der Waals surface area contributed by atoms with Crippen LogP contribution in [0.3, 0.4) is 0 Å². The highest BCUT2D eigenvalue weighted by Gasteiger charge is 2.34. The molecule has 3 rings (SSSR count). The van der Waals surface area contributed by atoms with Gasteiger partial charge in [-0.05, 0) is 30.5 Å². The van der Waals surface area contributed by atoms with E-state index in [2.05, 4.69) is 24.3 Å². The molecule has 1 aliphatic rings. The molecule has 0 amide bonds. The van der Waals surface area contributed by atoms with Crippen molar-refractivity contribution in [3.05, 3.63) is 60.2 Å². The Hall–Kier alpha value is -0.940. The fraction of sp³-hybridized carbons (Fsp3) is 0.200. The molecule has 0 N–H and O–H groups in total. The Morgan fingerprint density at radius 2 is 1.74 bits per heavy atom. The number of fused-ring (bicyclic) bond motifs is 1. The van der Waals surface area contributed by atoms with Crippen LogP contribution in [0.2, 0.25) is 0 Å². The summed E-state index contributed by atoms with van der Waals surface area (Å²) in [6.07, 6.45) is 2.06. The average Bonchev–Trinajstić information content (AvgIpc) is 2.78. The Kier molecular flexibility index (Phi) is 4.13. The lowest BCUT2D eigenvalue weighted by Gasteiger charge is -2.14. The SMILES string of the molecule is [O-][S+]1c2ccccc2SN1CCCc1ccccc1. The first kappa shape index (κ1) is 13.1. The number of hydrogen-bond acceptors (Lipinski definition) is 3. The highest BCUT2D eigenvalue weighted by molar-refractivity contribution is 8.11. The third-order valence-corrected chi connectivity index (χ3v) is 6.05. The maximum Gasteiger partial charge on any atom is 0.190 e. The molecule has 0 spiro atoms. The molecule has 0 aromatic heterocycles. The standard InChI is InChI=1S/C15H15NOS2/c17-19-15-11-5-4-10-14(15)18-16(19)12-6-9-13-7-2-1-3-8-13/h1-5,7-8,10-11H,6,9,12H2. The van der Waals surface area contributed by atoms with Gasteiger partial charge in [0.25, 0.3) is 0 Å². The first-order valence-corrected chi connectivity index (χ1v) is 8.23. The van der Waals surface area contributed by atoms with Crippen LogP contribution in [0.25, 0.3) is 0 Å². The molecule has 0 saturated heterocycles. The Balaban J connectivity index is 1.55. The molecular formula is C15H15NOS2. The average molecular weight is 289 g/mol. The van der Waals surface area contributed by atoms with Gasteiger partial charge in [0.2, 0.25) is 0 Å². The van der Waals surface area contributed by atoms with Crippen molar-refractivity contribution in [1.82, 2.24) is 3.71 Å². The van der Waals surface area contributed by atoms with Crippen molar-refractivity contribution >= 4 is 23.3 Å². The normalized spacial score (nSPS) is 18.5. The van der Waals surface area contributed by atoms with E-state index in [1.807, 2.05) is 34.0 Å². The summed E-state index contributed by atoms with van der Waals surface area (Å²) >= 11 is 0.615. The van der Waals surface area contributed by atoms with Crippen molar-refractivity contribution in [3.8, 4) is 0 Å². The molecular weight excluding hydrogens is 274 g/mol. The first-order valence-electron chi connectivity index (χ1n) is 6.35. The van der Waals surface area contributed by atoms with E-state index in [-0.39, 0.29) is 0 Å². The predicted octanol–water partition coefficient (Wildman–Crippen LogP) is 3.66. The van der Waals surface area contributed by atoms with E-state index in [0.717, 1.165) is 29.2 Å². The van der Waals surface area contributed by atoms with E-state index in [1.54, 1.807) is 11.9 Å². The first-order chi connectivity index (χ1) is 9.34. The van der Waals surface area contributed by atoms with Crippen molar-refractivity contribution in [2.24, 2.45) is 0 Å². The summed E-state index contributed by atoms with van der Waals surface area (Å²) in [6.45, 7) is 0.848. The molecule has 2 aromatic carbocycles. The number of aryl methyl sites for hydroxylation is 1. The molecule has 2 nitrogen and oxygen atoms in total. The van der Waals surface area contributed by atoms with Crippen molar-refractivity contribution in [2.45, 2.75) is 22.6 Å². The van der Waals surface area contributed by atoms with Gasteiger partial charge in [-0.25, -0.2) is 0 Å². The minimum atomic E-state index is -0.997. The molecule has 4 heteroatoms. The molecule has 0 radical (unpaired) electrons. The zero-order valence-electron chi connectivity index (χ0n) is 10.5. The van der Waals surface area contributed by atoms with Crippen LogP contribution in [0.4, 0.5) is 0 Å². The van der Waals surface area contributed by atoms with Crippen molar-refractivity contribution in [3.63, 3.8) is 0 Å². The fourth-order valence-corrected chi connectivity index (χ4v) is 4.87. The highest BCUT2D eigenvalue weighted by Crippen LogP contribution is 2.41. The van der Waals surface area contributed by atoms with Gasteiger partial charge < -0.3 is 4.55 Å². The van der Waals surface area contributed by atoms with Crippen molar-refractivity contribution < 1.29 is 4.55 Å². The van der Waals surface area contributed by atoms with Crippen LogP contribution in [0, 0.1) is 0 Å². The summed E-state index contributed by atoms with van der Waals surface area (Å²) in [5.41, 5.74) is 1.34. The zero-order valence-corrected chi connectivity index (χ0v) is 12.1. The van der Waals surface area contributed by atoms with Gasteiger partial charge >= 0.3 is 0 Å². The summed E-state index contributed by atoms with van der Waals surface area (Å²) in [5.74, 6) is 0. The summed E-state index contributed by atoms with van der Waals surface area (Å²) in [4.78, 5) is 2.08. The lowest BCUT2D eigenvalue weighted by molar-refractivity contribution is 0.538. The second kappa shape index (κ2) is 6.01. The van der Waals surface area contributed by atoms with Gasteiger partial charge in [-0.2, -0.15) is 0 Å². The molecule has 2 aromatic rings. The van der Waals surface area contributed by atoms with E-state index in [0.29, 0.717) is 0 Å². The van der Waals surface area contributed by atoms with Crippen LogP contribution in [0.15, 0.2) is 64.4 Å². The Labute approximate surface area is 121 Å². The summed E-state index contributed by atoms with van der Waals surface area (Å²) in [6, 6.07) is 18.4. The van der Waals surface area contributed by atoms with Crippen LogP contribution < -0.4 is 0 Å². The number of nitrogens with zero attached hydrogens (tertiary/aromatic N) is 1. The number of rotatable bonds is 4. The molecule has 1 aliphatic heterocycles.